The van der Waals surface area contributed by atoms with Crippen LogP contribution < -0.4 is 0 Å². The second kappa shape index (κ2) is 7.73. The summed E-state index contributed by atoms with van der Waals surface area (Å²) >= 11 is 0. The molecule has 0 N–H and O–H groups in total. The van der Waals surface area contributed by atoms with Crippen LogP contribution in [0.3, 0.4) is 0 Å². The summed E-state index contributed by atoms with van der Waals surface area (Å²) in [5.41, 5.74) is 1.25. The van der Waals surface area contributed by atoms with Crippen molar-refractivity contribution in [3.63, 3.8) is 0 Å². The third-order valence-corrected chi connectivity index (χ3v) is 4.96. The molecular formula is C19H27N3O. The van der Waals surface area contributed by atoms with E-state index in [4.69, 9.17) is 0 Å². The van der Waals surface area contributed by atoms with Crippen LogP contribution in [0.4, 0.5) is 0 Å². The third kappa shape index (κ3) is 4.41. The average molecular weight is 313 g/mol. The molecule has 1 aromatic heterocycles. The first kappa shape index (κ1) is 16.2. The number of pyridine rings is 1. The molecule has 1 aliphatic carbocycles. The van der Waals surface area contributed by atoms with Gasteiger partial charge in [-0.2, -0.15) is 0 Å². The van der Waals surface area contributed by atoms with Crippen LogP contribution in [0.2, 0.25) is 0 Å². The minimum Gasteiger partial charge on any atom is -0.342 e. The Labute approximate surface area is 139 Å². The molecule has 1 aromatic rings. The fourth-order valence-corrected chi connectivity index (χ4v) is 3.77. The van der Waals surface area contributed by atoms with E-state index >= 15 is 0 Å². The Bertz CT molecular complexity index is 543. The fourth-order valence-electron chi connectivity index (χ4n) is 3.77. The smallest absolute Gasteiger partial charge is 0.226 e. The Balaban J connectivity index is 1.46. The number of carbonyl (C=O) groups excluding carboxylic acids is 1. The normalized spacial score (nSPS) is 24.3. The summed E-state index contributed by atoms with van der Waals surface area (Å²) in [7, 11) is 2.16. The zero-order valence-electron chi connectivity index (χ0n) is 14.0. The fraction of sp³-hybridized carbons (Fsp3) is 0.579. The lowest BCUT2D eigenvalue weighted by Crippen LogP contribution is -2.36. The molecule has 0 aromatic carbocycles. The van der Waals surface area contributed by atoms with Crippen LogP contribution in [0.5, 0.6) is 0 Å². The number of hydrogen-bond donors (Lipinski definition) is 0. The molecule has 1 amide bonds. The van der Waals surface area contributed by atoms with Crippen LogP contribution in [0.1, 0.15) is 31.2 Å². The molecule has 2 atom stereocenters. The van der Waals surface area contributed by atoms with Crippen LogP contribution >= 0.6 is 0 Å². The topological polar surface area (TPSA) is 36.4 Å². The van der Waals surface area contributed by atoms with Crippen molar-refractivity contribution in [1.82, 2.24) is 14.8 Å². The maximum atomic E-state index is 12.6. The number of rotatable bonds is 5. The SMILES string of the molecule is CN(Cc1cccnc1)C[C@H]1CCN(C(=O)[C@@H]2CC=CCC2)C1. The van der Waals surface area contributed by atoms with E-state index in [9.17, 15) is 4.79 Å². The predicted octanol–water partition coefficient (Wildman–Crippen LogP) is 2.72. The van der Waals surface area contributed by atoms with Crippen LogP contribution in [0.15, 0.2) is 36.7 Å². The summed E-state index contributed by atoms with van der Waals surface area (Å²) in [5.74, 6) is 1.21. The highest BCUT2D eigenvalue weighted by Crippen LogP contribution is 2.25. The minimum atomic E-state index is 0.229. The first-order valence-corrected chi connectivity index (χ1v) is 8.73. The predicted molar refractivity (Wildman–Crippen MR) is 91.7 cm³/mol. The Morgan fingerprint density at radius 2 is 2.30 bits per heavy atom. The lowest BCUT2D eigenvalue weighted by atomic mass is 9.93. The standard InChI is InChI=1S/C19H27N3O/c1-21(13-16-6-5-10-20-12-16)14-17-9-11-22(15-17)19(23)18-7-3-2-4-8-18/h2-3,5-6,10,12,17-18H,4,7-9,11,13-15H2,1H3/t17-,18-/m1/s1. The van der Waals surface area contributed by atoms with Gasteiger partial charge in [0.25, 0.3) is 0 Å². The van der Waals surface area contributed by atoms with Crippen molar-refractivity contribution in [3.05, 3.63) is 42.2 Å². The number of amides is 1. The average Bonchev–Trinajstić information content (AvgIpc) is 3.04. The van der Waals surface area contributed by atoms with Crippen LogP contribution in [-0.4, -0.2) is 47.4 Å². The van der Waals surface area contributed by atoms with Gasteiger partial charge in [-0.15, -0.1) is 0 Å². The number of carbonyl (C=O) groups is 1. The van der Waals surface area contributed by atoms with E-state index in [-0.39, 0.29) is 5.92 Å². The maximum absolute atomic E-state index is 12.6. The second-order valence-electron chi connectivity index (χ2n) is 6.98. The lowest BCUT2D eigenvalue weighted by Gasteiger charge is -2.25. The van der Waals surface area contributed by atoms with Crippen molar-refractivity contribution in [2.75, 3.05) is 26.7 Å². The van der Waals surface area contributed by atoms with Gasteiger partial charge in [0.05, 0.1) is 0 Å². The van der Waals surface area contributed by atoms with Gasteiger partial charge in [0, 0.05) is 44.5 Å². The van der Waals surface area contributed by atoms with Crippen molar-refractivity contribution in [3.8, 4) is 0 Å². The molecule has 4 nitrogen and oxygen atoms in total. The Morgan fingerprint density at radius 1 is 1.39 bits per heavy atom. The molecule has 23 heavy (non-hydrogen) atoms. The first-order valence-electron chi connectivity index (χ1n) is 8.73. The molecule has 3 rings (SSSR count). The number of allylic oxidation sites excluding steroid dienone is 2. The van der Waals surface area contributed by atoms with Gasteiger partial charge in [0.15, 0.2) is 0 Å². The summed E-state index contributed by atoms with van der Waals surface area (Å²) in [4.78, 5) is 21.2. The molecule has 0 bridgehead atoms. The zero-order valence-corrected chi connectivity index (χ0v) is 14.0. The van der Waals surface area contributed by atoms with E-state index in [1.807, 2.05) is 18.5 Å². The maximum Gasteiger partial charge on any atom is 0.226 e. The number of nitrogens with zero attached hydrogens (tertiary/aromatic N) is 3. The highest BCUT2D eigenvalue weighted by atomic mass is 16.2. The Kier molecular flexibility index (Phi) is 5.44. The molecule has 0 spiro atoms. The largest absolute Gasteiger partial charge is 0.342 e. The van der Waals surface area contributed by atoms with Crippen molar-refractivity contribution >= 4 is 5.91 Å². The van der Waals surface area contributed by atoms with Crippen molar-refractivity contribution in [1.29, 1.82) is 0 Å². The molecule has 2 heterocycles. The van der Waals surface area contributed by atoms with E-state index < -0.39 is 0 Å². The van der Waals surface area contributed by atoms with E-state index in [0.717, 1.165) is 51.9 Å². The molecular weight excluding hydrogens is 286 g/mol. The van der Waals surface area contributed by atoms with Gasteiger partial charge < -0.3 is 9.80 Å². The number of hydrogen-bond acceptors (Lipinski definition) is 3. The van der Waals surface area contributed by atoms with Gasteiger partial charge in [-0.05, 0) is 50.3 Å². The molecule has 1 saturated heterocycles. The molecule has 2 aliphatic rings. The van der Waals surface area contributed by atoms with Crippen LogP contribution in [0, 0.1) is 11.8 Å². The van der Waals surface area contributed by atoms with Crippen molar-refractivity contribution < 1.29 is 4.79 Å². The van der Waals surface area contributed by atoms with E-state index in [1.54, 1.807) is 0 Å². The van der Waals surface area contributed by atoms with Gasteiger partial charge >= 0.3 is 0 Å². The first-order chi connectivity index (χ1) is 11.2. The molecule has 0 saturated carbocycles. The van der Waals surface area contributed by atoms with Crippen LogP contribution in [0.25, 0.3) is 0 Å². The summed E-state index contributed by atoms with van der Waals surface area (Å²) in [6, 6.07) is 4.10. The van der Waals surface area contributed by atoms with Crippen molar-refractivity contribution in [2.45, 2.75) is 32.2 Å². The summed E-state index contributed by atoms with van der Waals surface area (Å²) in [6.07, 6.45) is 12.2. The van der Waals surface area contributed by atoms with Gasteiger partial charge in [-0.25, -0.2) is 0 Å². The lowest BCUT2D eigenvalue weighted by molar-refractivity contribution is -0.134. The summed E-state index contributed by atoms with van der Waals surface area (Å²) in [6.45, 7) is 3.83. The Morgan fingerprint density at radius 3 is 3.04 bits per heavy atom. The highest BCUT2D eigenvalue weighted by molar-refractivity contribution is 5.79. The Hall–Kier alpha value is -1.68. The van der Waals surface area contributed by atoms with Crippen LogP contribution in [-0.2, 0) is 11.3 Å². The quantitative estimate of drug-likeness (QED) is 0.784. The highest BCUT2D eigenvalue weighted by Gasteiger charge is 2.31. The molecule has 1 fully saturated rings. The van der Waals surface area contributed by atoms with E-state index in [2.05, 4.69) is 40.0 Å². The summed E-state index contributed by atoms with van der Waals surface area (Å²) in [5, 5.41) is 0. The third-order valence-electron chi connectivity index (χ3n) is 4.96. The second-order valence-corrected chi connectivity index (χ2v) is 6.98. The molecule has 0 unspecified atom stereocenters. The van der Waals surface area contributed by atoms with Gasteiger partial charge in [-0.3, -0.25) is 9.78 Å². The number of aromatic nitrogens is 1. The van der Waals surface area contributed by atoms with E-state index in [1.165, 1.54) is 5.56 Å². The molecule has 4 heteroatoms. The monoisotopic (exact) mass is 313 g/mol. The molecule has 124 valence electrons. The number of likely N-dealkylation sites (tertiary alicyclic amines) is 1. The van der Waals surface area contributed by atoms with Gasteiger partial charge in [0.1, 0.15) is 0 Å². The minimum absolute atomic E-state index is 0.229. The summed E-state index contributed by atoms with van der Waals surface area (Å²) < 4.78 is 0. The molecule has 1 aliphatic heterocycles. The molecule has 0 radical (unpaired) electrons. The van der Waals surface area contributed by atoms with Crippen molar-refractivity contribution in [2.24, 2.45) is 11.8 Å². The van der Waals surface area contributed by atoms with E-state index in [0.29, 0.717) is 11.8 Å². The zero-order chi connectivity index (χ0) is 16.1. The van der Waals surface area contributed by atoms with Gasteiger partial charge in [0.2, 0.25) is 5.91 Å². The van der Waals surface area contributed by atoms with Gasteiger partial charge in [-0.1, -0.05) is 18.2 Å².